The summed E-state index contributed by atoms with van der Waals surface area (Å²) in [6.07, 6.45) is 2.81. The number of anilines is 1. The number of piperidine rings is 1. The fourth-order valence-corrected chi connectivity index (χ4v) is 2.86. The summed E-state index contributed by atoms with van der Waals surface area (Å²) in [5, 5.41) is 5.38. The van der Waals surface area contributed by atoms with Crippen molar-refractivity contribution in [3.8, 4) is 0 Å². The van der Waals surface area contributed by atoms with E-state index in [1.54, 1.807) is 18.0 Å². The van der Waals surface area contributed by atoms with Gasteiger partial charge in [0.25, 0.3) is 0 Å². The summed E-state index contributed by atoms with van der Waals surface area (Å²) < 4.78 is 4.75. The Kier molecular flexibility index (Phi) is 7.37. The van der Waals surface area contributed by atoms with Crippen LogP contribution < -0.4 is 10.6 Å². The predicted molar refractivity (Wildman–Crippen MR) is 96.5 cm³/mol. The van der Waals surface area contributed by atoms with E-state index < -0.39 is 6.09 Å². The molecule has 1 saturated heterocycles. The average molecular weight is 362 g/mol. The molecule has 0 bridgehead atoms. The molecule has 0 aromatic carbocycles. The summed E-state index contributed by atoms with van der Waals surface area (Å²) in [4.78, 5) is 41.9. The highest BCUT2D eigenvalue weighted by molar-refractivity contribution is 5.93. The number of ether oxygens (including phenoxy) is 1. The molecule has 1 fully saturated rings. The number of aryl methyl sites for hydroxylation is 1. The van der Waals surface area contributed by atoms with E-state index in [4.69, 9.17) is 4.74 Å². The maximum atomic E-state index is 12.5. The van der Waals surface area contributed by atoms with E-state index in [1.807, 2.05) is 19.1 Å². The number of rotatable bonds is 6. The number of amides is 3. The zero-order valence-electron chi connectivity index (χ0n) is 15.3. The molecule has 0 saturated carbocycles. The molecule has 2 N–H and O–H groups in total. The van der Waals surface area contributed by atoms with Gasteiger partial charge in [-0.3, -0.25) is 9.59 Å². The maximum Gasteiger partial charge on any atom is 0.407 e. The number of alkyl carbamates (subject to hydrolysis) is 1. The fourth-order valence-electron chi connectivity index (χ4n) is 2.86. The number of pyridine rings is 1. The first-order chi connectivity index (χ1) is 12.5. The topological polar surface area (TPSA) is 101 Å². The van der Waals surface area contributed by atoms with E-state index in [1.165, 1.54) is 0 Å². The Morgan fingerprint density at radius 3 is 2.92 bits per heavy atom. The van der Waals surface area contributed by atoms with Crippen LogP contribution in [0.25, 0.3) is 0 Å². The fraction of sp³-hybridized carbons (Fsp3) is 0.556. The van der Waals surface area contributed by atoms with Crippen molar-refractivity contribution >= 4 is 23.7 Å². The molecule has 26 heavy (non-hydrogen) atoms. The highest BCUT2D eigenvalue weighted by Gasteiger charge is 2.28. The molecular weight excluding hydrogens is 336 g/mol. The largest absolute Gasteiger partial charge is 0.450 e. The third-order valence-corrected chi connectivity index (χ3v) is 4.28. The Labute approximate surface area is 153 Å². The summed E-state index contributed by atoms with van der Waals surface area (Å²) in [5.41, 5.74) is 0.898. The van der Waals surface area contributed by atoms with Crippen LogP contribution in [-0.2, 0) is 14.3 Å². The van der Waals surface area contributed by atoms with Gasteiger partial charge in [-0.25, -0.2) is 9.78 Å². The van der Waals surface area contributed by atoms with Gasteiger partial charge in [0.1, 0.15) is 5.82 Å². The second kappa shape index (κ2) is 9.74. The zero-order valence-corrected chi connectivity index (χ0v) is 15.3. The molecule has 1 aliphatic heterocycles. The highest BCUT2D eigenvalue weighted by Crippen LogP contribution is 2.19. The van der Waals surface area contributed by atoms with Gasteiger partial charge in [0.2, 0.25) is 11.8 Å². The lowest BCUT2D eigenvalue weighted by atomic mass is 9.96. The van der Waals surface area contributed by atoms with Crippen molar-refractivity contribution < 1.29 is 19.1 Å². The summed E-state index contributed by atoms with van der Waals surface area (Å²) in [7, 11) is 0. The predicted octanol–water partition coefficient (Wildman–Crippen LogP) is 1.70. The van der Waals surface area contributed by atoms with Crippen LogP contribution in [0.1, 0.15) is 31.7 Å². The third-order valence-electron chi connectivity index (χ3n) is 4.28. The minimum Gasteiger partial charge on any atom is -0.450 e. The molecule has 0 aliphatic carbocycles. The molecule has 1 aromatic rings. The molecule has 1 unspecified atom stereocenters. The summed E-state index contributed by atoms with van der Waals surface area (Å²) >= 11 is 0. The lowest BCUT2D eigenvalue weighted by Gasteiger charge is -2.32. The van der Waals surface area contributed by atoms with Crippen molar-refractivity contribution in [3.05, 3.63) is 23.9 Å². The minimum atomic E-state index is -0.526. The van der Waals surface area contributed by atoms with Crippen molar-refractivity contribution in [3.63, 3.8) is 0 Å². The number of hydrogen-bond donors (Lipinski definition) is 2. The third kappa shape index (κ3) is 5.72. The standard InChI is InChI=1S/C18H26N4O4/c1-3-26-18(25)20-10-8-15(23)22-11-5-7-14(12-22)17(24)21-16-13(2)6-4-9-19-16/h4,6,9,14H,3,5,7-8,10-12H2,1-2H3,(H,20,25)(H,19,21,24). The van der Waals surface area contributed by atoms with Gasteiger partial charge < -0.3 is 20.3 Å². The average Bonchev–Trinajstić information content (AvgIpc) is 2.64. The van der Waals surface area contributed by atoms with Gasteiger partial charge in [-0.1, -0.05) is 6.07 Å². The molecule has 1 aliphatic rings. The van der Waals surface area contributed by atoms with E-state index in [0.29, 0.717) is 25.5 Å². The van der Waals surface area contributed by atoms with Crippen LogP contribution in [-0.4, -0.2) is 54.0 Å². The van der Waals surface area contributed by atoms with Crippen LogP contribution >= 0.6 is 0 Å². The van der Waals surface area contributed by atoms with E-state index in [-0.39, 0.29) is 30.7 Å². The molecule has 0 spiro atoms. The van der Waals surface area contributed by atoms with Crippen LogP contribution in [0, 0.1) is 12.8 Å². The van der Waals surface area contributed by atoms with Crippen LogP contribution in [0.2, 0.25) is 0 Å². The monoisotopic (exact) mass is 362 g/mol. The number of likely N-dealkylation sites (tertiary alicyclic amines) is 1. The first-order valence-corrected chi connectivity index (χ1v) is 8.92. The highest BCUT2D eigenvalue weighted by atomic mass is 16.5. The van der Waals surface area contributed by atoms with Crippen molar-refractivity contribution in [1.29, 1.82) is 0 Å². The zero-order chi connectivity index (χ0) is 18.9. The number of hydrogen-bond acceptors (Lipinski definition) is 5. The molecule has 1 atom stereocenters. The number of nitrogens with zero attached hydrogens (tertiary/aromatic N) is 2. The van der Waals surface area contributed by atoms with Crippen molar-refractivity contribution in [2.45, 2.75) is 33.1 Å². The van der Waals surface area contributed by atoms with E-state index in [9.17, 15) is 14.4 Å². The quantitative estimate of drug-likeness (QED) is 0.802. The number of aromatic nitrogens is 1. The normalized spacial score (nSPS) is 16.7. The maximum absolute atomic E-state index is 12.5. The molecule has 142 valence electrons. The Morgan fingerprint density at radius 2 is 2.19 bits per heavy atom. The molecule has 2 heterocycles. The second-order valence-corrected chi connectivity index (χ2v) is 6.23. The Hall–Kier alpha value is -2.64. The van der Waals surface area contributed by atoms with Crippen molar-refractivity contribution in [2.24, 2.45) is 5.92 Å². The molecule has 8 nitrogen and oxygen atoms in total. The van der Waals surface area contributed by atoms with Crippen LogP contribution in [0.3, 0.4) is 0 Å². The van der Waals surface area contributed by atoms with Gasteiger partial charge in [-0.2, -0.15) is 0 Å². The van der Waals surface area contributed by atoms with Gasteiger partial charge in [0.05, 0.1) is 12.5 Å². The molecule has 1 aromatic heterocycles. The van der Waals surface area contributed by atoms with Crippen molar-refractivity contribution in [1.82, 2.24) is 15.2 Å². The first kappa shape index (κ1) is 19.7. The summed E-state index contributed by atoms with van der Waals surface area (Å²) in [5.74, 6) is 0.106. The Bertz CT molecular complexity index is 650. The van der Waals surface area contributed by atoms with Gasteiger partial charge >= 0.3 is 6.09 Å². The molecule has 2 rings (SSSR count). The van der Waals surface area contributed by atoms with Crippen LogP contribution in [0.4, 0.5) is 10.6 Å². The summed E-state index contributed by atoms with van der Waals surface area (Å²) in [6.45, 7) is 5.13. The summed E-state index contributed by atoms with van der Waals surface area (Å²) in [6, 6.07) is 3.70. The van der Waals surface area contributed by atoms with Gasteiger partial charge in [-0.15, -0.1) is 0 Å². The number of nitrogens with one attached hydrogen (secondary N) is 2. The van der Waals surface area contributed by atoms with Gasteiger partial charge in [-0.05, 0) is 38.3 Å². The first-order valence-electron chi connectivity index (χ1n) is 8.92. The minimum absolute atomic E-state index is 0.0756. The lowest BCUT2D eigenvalue weighted by Crippen LogP contribution is -2.44. The molecule has 0 radical (unpaired) electrons. The Morgan fingerprint density at radius 1 is 1.38 bits per heavy atom. The van der Waals surface area contributed by atoms with Gasteiger partial charge in [0, 0.05) is 32.3 Å². The second-order valence-electron chi connectivity index (χ2n) is 6.23. The van der Waals surface area contributed by atoms with Crippen LogP contribution in [0.5, 0.6) is 0 Å². The Balaban J connectivity index is 1.82. The SMILES string of the molecule is CCOC(=O)NCCC(=O)N1CCCC(C(=O)Nc2ncccc2C)C1. The molecule has 8 heteroatoms. The molecule has 3 amide bonds. The number of carbonyl (C=O) groups excluding carboxylic acids is 3. The smallest absolute Gasteiger partial charge is 0.407 e. The van der Waals surface area contributed by atoms with E-state index in [2.05, 4.69) is 15.6 Å². The van der Waals surface area contributed by atoms with E-state index >= 15 is 0 Å². The van der Waals surface area contributed by atoms with Crippen LogP contribution in [0.15, 0.2) is 18.3 Å². The number of carbonyl (C=O) groups is 3. The van der Waals surface area contributed by atoms with Crippen molar-refractivity contribution in [2.75, 3.05) is 31.6 Å². The van der Waals surface area contributed by atoms with E-state index in [0.717, 1.165) is 18.4 Å². The van der Waals surface area contributed by atoms with Gasteiger partial charge in [0.15, 0.2) is 0 Å². The lowest BCUT2D eigenvalue weighted by molar-refractivity contribution is -0.134. The molecular formula is C18H26N4O4.